The molecular formula is C9H7NO2S. The van der Waals surface area contributed by atoms with E-state index in [1.807, 2.05) is 12.2 Å². The molecule has 2 rings (SSSR count). The van der Waals surface area contributed by atoms with Crippen LogP contribution in [0.2, 0.25) is 0 Å². The van der Waals surface area contributed by atoms with Gasteiger partial charge in [0.2, 0.25) is 0 Å². The van der Waals surface area contributed by atoms with Gasteiger partial charge in [0.25, 0.3) is 0 Å². The fourth-order valence-electron chi connectivity index (χ4n) is 1.16. The van der Waals surface area contributed by atoms with Crippen molar-refractivity contribution in [2.75, 3.05) is 0 Å². The highest BCUT2D eigenvalue weighted by atomic mass is 32.1. The van der Waals surface area contributed by atoms with Crippen molar-refractivity contribution in [2.24, 2.45) is 4.99 Å². The quantitative estimate of drug-likeness (QED) is 0.742. The molecule has 13 heavy (non-hydrogen) atoms. The second-order valence-electron chi connectivity index (χ2n) is 2.65. The summed E-state index contributed by atoms with van der Waals surface area (Å²) in [5.41, 5.74) is 0.993. The first-order chi connectivity index (χ1) is 6.27. The molecule has 0 saturated carbocycles. The highest BCUT2D eigenvalue weighted by Crippen LogP contribution is 2.25. The minimum absolute atomic E-state index is 0.381. The van der Waals surface area contributed by atoms with Crippen LogP contribution in [0.5, 0.6) is 0 Å². The Morgan fingerprint density at radius 3 is 3.23 bits per heavy atom. The highest BCUT2D eigenvalue weighted by molar-refractivity contribution is 7.15. The zero-order valence-electron chi connectivity index (χ0n) is 6.73. The Balaban J connectivity index is 2.46. The van der Waals surface area contributed by atoms with Crippen LogP contribution in [-0.4, -0.2) is 17.3 Å². The SMILES string of the molecule is O=C(O)c1cc2c(s1)C=CC=NC2. The zero-order valence-corrected chi connectivity index (χ0v) is 7.54. The van der Waals surface area contributed by atoms with E-state index in [0.29, 0.717) is 11.4 Å². The number of fused-ring (bicyclic) bond motifs is 1. The molecule has 0 bridgehead atoms. The molecule has 0 aliphatic carbocycles. The van der Waals surface area contributed by atoms with Gasteiger partial charge < -0.3 is 5.11 Å². The van der Waals surface area contributed by atoms with E-state index in [9.17, 15) is 4.79 Å². The summed E-state index contributed by atoms with van der Waals surface area (Å²) < 4.78 is 0. The number of aliphatic imine (C=N–C) groups is 1. The van der Waals surface area contributed by atoms with Crippen LogP contribution in [0.4, 0.5) is 0 Å². The largest absolute Gasteiger partial charge is 0.477 e. The summed E-state index contributed by atoms with van der Waals surface area (Å²) in [5.74, 6) is -0.865. The molecule has 1 N–H and O–H groups in total. The van der Waals surface area contributed by atoms with E-state index in [1.54, 1.807) is 12.3 Å². The molecule has 0 fully saturated rings. The van der Waals surface area contributed by atoms with E-state index in [-0.39, 0.29) is 0 Å². The van der Waals surface area contributed by atoms with Gasteiger partial charge in [0, 0.05) is 11.1 Å². The monoisotopic (exact) mass is 193 g/mol. The van der Waals surface area contributed by atoms with Gasteiger partial charge in [-0.3, -0.25) is 4.99 Å². The molecule has 0 aromatic carbocycles. The van der Waals surface area contributed by atoms with Gasteiger partial charge in [-0.25, -0.2) is 4.79 Å². The van der Waals surface area contributed by atoms with Crippen LogP contribution in [-0.2, 0) is 6.54 Å². The number of carboxylic acid groups (broad SMARTS) is 1. The van der Waals surface area contributed by atoms with E-state index in [2.05, 4.69) is 4.99 Å². The first kappa shape index (κ1) is 8.19. The number of allylic oxidation sites excluding steroid dienone is 1. The van der Waals surface area contributed by atoms with Crippen molar-refractivity contribution in [2.45, 2.75) is 6.54 Å². The first-order valence-electron chi connectivity index (χ1n) is 3.80. The van der Waals surface area contributed by atoms with E-state index in [4.69, 9.17) is 5.11 Å². The Labute approximate surface area is 79.1 Å². The molecule has 0 radical (unpaired) electrons. The third-order valence-electron chi connectivity index (χ3n) is 1.75. The fourth-order valence-corrected chi connectivity index (χ4v) is 2.08. The van der Waals surface area contributed by atoms with Crippen LogP contribution < -0.4 is 0 Å². The van der Waals surface area contributed by atoms with Crippen molar-refractivity contribution < 1.29 is 9.90 Å². The first-order valence-corrected chi connectivity index (χ1v) is 4.61. The third-order valence-corrected chi connectivity index (χ3v) is 2.88. The van der Waals surface area contributed by atoms with Gasteiger partial charge in [0.15, 0.2) is 0 Å². The standard InChI is InChI=1S/C9H7NO2S/c11-9(12)8-4-6-5-10-3-1-2-7(6)13-8/h1-4H,5H2,(H,11,12). The van der Waals surface area contributed by atoms with Crippen molar-refractivity contribution in [3.63, 3.8) is 0 Å². The summed E-state index contributed by atoms with van der Waals surface area (Å²) >= 11 is 1.29. The number of hydrogen-bond acceptors (Lipinski definition) is 3. The molecule has 4 heteroatoms. The Morgan fingerprint density at radius 1 is 1.62 bits per heavy atom. The number of nitrogens with zero attached hydrogens (tertiary/aromatic N) is 1. The maximum atomic E-state index is 10.7. The average molecular weight is 193 g/mol. The summed E-state index contributed by atoms with van der Waals surface area (Å²) in [6.07, 6.45) is 5.45. The summed E-state index contributed by atoms with van der Waals surface area (Å²) in [6.45, 7) is 0.576. The Hall–Kier alpha value is -1.42. The third kappa shape index (κ3) is 1.53. The van der Waals surface area contributed by atoms with Gasteiger partial charge in [0.05, 0.1) is 6.54 Å². The number of carbonyl (C=O) groups is 1. The minimum Gasteiger partial charge on any atom is -0.477 e. The Bertz CT molecular complexity index is 404. The normalized spacial score (nSPS) is 13.8. The van der Waals surface area contributed by atoms with Gasteiger partial charge in [-0.1, -0.05) is 0 Å². The van der Waals surface area contributed by atoms with Gasteiger partial charge in [0.1, 0.15) is 4.88 Å². The van der Waals surface area contributed by atoms with Gasteiger partial charge in [-0.05, 0) is 23.8 Å². The lowest BCUT2D eigenvalue weighted by Gasteiger charge is -1.88. The lowest BCUT2D eigenvalue weighted by molar-refractivity contribution is 0.0702. The van der Waals surface area contributed by atoms with Crippen molar-refractivity contribution in [1.82, 2.24) is 0 Å². The van der Waals surface area contributed by atoms with Crippen LogP contribution in [0, 0.1) is 0 Å². The molecule has 1 aliphatic rings. The molecule has 0 atom stereocenters. The summed E-state index contributed by atoms with van der Waals surface area (Å²) in [5, 5.41) is 8.75. The van der Waals surface area contributed by atoms with E-state index >= 15 is 0 Å². The second-order valence-corrected chi connectivity index (χ2v) is 3.74. The minimum atomic E-state index is -0.865. The van der Waals surface area contributed by atoms with Crippen molar-refractivity contribution in [3.05, 3.63) is 27.5 Å². The molecule has 1 aromatic heterocycles. The average Bonchev–Trinajstić information content (AvgIpc) is 2.38. The van der Waals surface area contributed by atoms with Crippen LogP contribution >= 0.6 is 11.3 Å². The molecule has 0 spiro atoms. The summed E-state index contributed by atoms with van der Waals surface area (Å²) in [6, 6.07) is 1.69. The maximum Gasteiger partial charge on any atom is 0.345 e. The highest BCUT2D eigenvalue weighted by Gasteiger charge is 2.11. The summed E-state index contributed by atoms with van der Waals surface area (Å²) in [4.78, 5) is 16.1. The molecule has 2 heterocycles. The van der Waals surface area contributed by atoms with Crippen molar-refractivity contribution >= 4 is 29.6 Å². The molecule has 1 aromatic rings. The van der Waals surface area contributed by atoms with Gasteiger partial charge in [-0.2, -0.15) is 0 Å². The maximum absolute atomic E-state index is 10.7. The lowest BCUT2D eigenvalue weighted by Crippen LogP contribution is -1.90. The molecule has 0 unspecified atom stereocenters. The molecule has 3 nitrogen and oxygen atoms in total. The molecular weight excluding hydrogens is 186 g/mol. The van der Waals surface area contributed by atoms with Crippen LogP contribution in [0.15, 0.2) is 17.1 Å². The Morgan fingerprint density at radius 2 is 2.46 bits per heavy atom. The van der Waals surface area contributed by atoms with Gasteiger partial charge in [-0.15, -0.1) is 11.3 Å². The zero-order chi connectivity index (χ0) is 9.26. The molecule has 0 saturated heterocycles. The Kier molecular flexibility index (Phi) is 1.98. The van der Waals surface area contributed by atoms with Crippen molar-refractivity contribution in [1.29, 1.82) is 0 Å². The van der Waals surface area contributed by atoms with Gasteiger partial charge >= 0.3 is 5.97 Å². The van der Waals surface area contributed by atoms with Crippen molar-refractivity contribution in [3.8, 4) is 0 Å². The van der Waals surface area contributed by atoms with E-state index < -0.39 is 5.97 Å². The number of aromatic carboxylic acids is 1. The predicted octanol–water partition coefficient (Wildman–Crippen LogP) is 2.04. The summed E-state index contributed by atoms with van der Waals surface area (Å²) in [7, 11) is 0. The molecule has 0 amide bonds. The number of thiophene rings is 1. The topological polar surface area (TPSA) is 49.7 Å². The lowest BCUT2D eigenvalue weighted by atomic mass is 10.2. The van der Waals surface area contributed by atoms with Crippen LogP contribution in [0.1, 0.15) is 20.1 Å². The number of hydrogen-bond donors (Lipinski definition) is 1. The molecule has 1 aliphatic heterocycles. The van der Waals surface area contributed by atoms with Crippen LogP contribution in [0.25, 0.3) is 6.08 Å². The molecule has 66 valence electrons. The second kappa shape index (κ2) is 3.14. The fraction of sp³-hybridized carbons (Fsp3) is 0.111. The number of rotatable bonds is 1. The van der Waals surface area contributed by atoms with E-state index in [1.165, 1.54) is 11.3 Å². The predicted molar refractivity (Wildman–Crippen MR) is 52.5 cm³/mol. The number of carboxylic acids is 1. The van der Waals surface area contributed by atoms with E-state index in [0.717, 1.165) is 10.4 Å². The van der Waals surface area contributed by atoms with Crippen LogP contribution in [0.3, 0.4) is 0 Å². The smallest absolute Gasteiger partial charge is 0.345 e.